The monoisotopic (exact) mass is 183 g/mol. The van der Waals surface area contributed by atoms with Crippen LogP contribution in [0.15, 0.2) is 0 Å². The van der Waals surface area contributed by atoms with Gasteiger partial charge < -0.3 is 0 Å². The Morgan fingerprint density at radius 3 is 2.46 bits per heavy atom. The molecule has 4 nitrogen and oxygen atoms in total. The Morgan fingerprint density at radius 1 is 1.38 bits per heavy atom. The fourth-order valence-electron chi connectivity index (χ4n) is 2.15. The predicted octanol–water partition coefficient (Wildman–Crippen LogP) is 2.02. The molecule has 0 bridgehead atoms. The van der Waals surface area contributed by atoms with Crippen LogP contribution < -0.4 is 0 Å². The van der Waals surface area contributed by atoms with Crippen LogP contribution in [0.3, 0.4) is 0 Å². The van der Waals surface area contributed by atoms with Crippen molar-refractivity contribution < 1.29 is 10.1 Å². The molecular formula is C9H15N2O2+. The van der Waals surface area contributed by atoms with Gasteiger partial charge >= 0.3 is 0 Å². The lowest BCUT2D eigenvalue weighted by Crippen LogP contribution is -2.32. The van der Waals surface area contributed by atoms with Crippen LogP contribution in [0.4, 0.5) is 0 Å². The number of nitrogens with zero attached hydrogens (tertiary/aromatic N) is 2. The zero-order valence-electron chi connectivity index (χ0n) is 7.70. The maximum absolute atomic E-state index is 10.6. The molecule has 0 amide bonds. The minimum atomic E-state index is -0.247. The van der Waals surface area contributed by atoms with Crippen molar-refractivity contribution in [3.8, 4) is 6.07 Å². The van der Waals surface area contributed by atoms with Gasteiger partial charge in [0.25, 0.3) is 6.54 Å². The van der Waals surface area contributed by atoms with Crippen molar-refractivity contribution in [3.05, 3.63) is 4.91 Å². The molecule has 0 saturated heterocycles. The highest BCUT2D eigenvalue weighted by molar-refractivity contribution is 4.90. The number of nitriles is 1. The quantitative estimate of drug-likeness (QED) is 0.681. The maximum Gasteiger partial charge on any atom is 0.254 e. The minimum absolute atomic E-state index is 0.0251. The van der Waals surface area contributed by atoms with Crippen LogP contribution in [0.5, 0.6) is 0 Å². The summed E-state index contributed by atoms with van der Waals surface area (Å²) in [5.74, 6) is 0. The zero-order chi connectivity index (χ0) is 9.73. The van der Waals surface area contributed by atoms with Crippen LogP contribution in [0.2, 0.25) is 0 Å². The van der Waals surface area contributed by atoms with Gasteiger partial charge in [0.15, 0.2) is 0 Å². The number of hydrogen-bond acceptors (Lipinski definition) is 2. The highest BCUT2D eigenvalue weighted by Gasteiger charge is 2.38. The first-order chi connectivity index (χ1) is 6.18. The molecule has 0 atom stereocenters. The van der Waals surface area contributed by atoms with E-state index in [0.29, 0.717) is 6.42 Å². The van der Waals surface area contributed by atoms with Gasteiger partial charge in [-0.15, -0.1) is 0 Å². The van der Waals surface area contributed by atoms with Crippen molar-refractivity contribution >= 4 is 0 Å². The summed E-state index contributed by atoms with van der Waals surface area (Å²) in [6.45, 7) is 0.0839. The minimum Gasteiger partial charge on any atom is -0.246 e. The molecule has 13 heavy (non-hydrogen) atoms. The van der Waals surface area contributed by atoms with E-state index in [1.807, 2.05) is 0 Å². The Kier molecular flexibility index (Phi) is 3.24. The second-order valence-corrected chi connectivity index (χ2v) is 3.91. The molecule has 0 aromatic heterocycles. The molecule has 1 aliphatic rings. The number of hydrogen-bond donors (Lipinski definition) is 1. The molecule has 1 saturated carbocycles. The Labute approximate surface area is 77.7 Å². The molecule has 4 heteroatoms. The molecule has 0 radical (unpaired) electrons. The van der Waals surface area contributed by atoms with E-state index in [9.17, 15) is 4.91 Å². The summed E-state index contributed by atoms with van der Waals surface area (Å²) < 4.78 is 0. The van der Waals surface area contributed by atoms with Gasteiger partial charge in [0.2, 0.25) is 4.92 Å². The average molecular weight is 183 g/mol. The summed E-state index contributed by atoms with van der Waals surface area (Å²) in [6, 6.07) is 2.11. The summed E-state index contributed by atoms with van der Waals surface area (Å²) in [6.07, 6.45) is 5.47. The summed E-state index contributed by atoms with van der Waals surface area (Å²) in [7, 11) is 0. The van der Waals surface area contributed by atoms with E-state index < -0.39 is 0 Å². The summed E-state index contributed by atoms with van der Waals surface area (Å²) >= 11 is 0. The van der Waals surface area contributed by atoms with E-state index in [-0.39, 0.29) is 16.9 Å². The second kappa shape index (κ2) is 4.22. The maximum atomic E-state index is 10.6. The Morgan fingerprint density at radius 2 is 2.00 bits per heavy atom. The van der Waals surface area contributed by atoms with E-state index in [1.54, 1.807) is 0 Å². The lowest BCUT2D eigenvalue weighted by molar-refractivity contribution is -0.798. The molecule has 1 N–H and O–H groups in total. The molecule has 1 aliphatic carbocycles. The smallest absolute Gasteiger partial charge is 0.246 e. The molecular weight excluding hydrogens is 168 g/mol. The molecule has 0 heterocycles. The fourth-order valence-corrected chi connectivity index (χ4v) is 2.15. The summed E-state index contributed by atoms with van der Waals surface area (Å²) in [5, 5.41) is 17.3. The lowest BCUT2D eigenvalue weighted by Gasteiger charge is -2.29. The van der Waals surface area contributed by atoms with Crippen LogP contribution in [0.25, 0.3) is 0 Å². The first kappa shape index (κ1) is 9.97. The molecule has 0 aromatic carbocycles. The van der Waals surface area contributed by atoms with E-state index in [4.69, 9.17) is 10.5 Å². The highest BCUT2D eigenvalue weighted by atomic mass is 16.6. The van der Waals surface area contributed by atoms with Gasteiger partial charge in [-0.2, -0.15) is 5.26 Å². The molecule has 0 spiro atoms. The van der Waals surface area contributed by atoms with Crippen molar-refractivity contribution in [2.45, 2.75) is 38.5 Å². The molecule has 0 aromatic rings. The SMILES string of the molecule is N#CCC1(C[N+](=O)O)CCCCC1. The largest absolute Gasteiger partial charge is 0.254 e. The van der Waals surface area contributed by atoms with Crippen LogP contribution in [-0.2, 0) is 0 Å². The van der Waals surface area contributed by atoms with Gasteiger partial charge in [-0.25, -0.2) is 5.21 Å². The highest BCUT2D eigenvalue weighted by Crippen LogP contribution is 2.38. The Hall–Kier alpha value is -1.11. The van der Waals surface area contributed by atoms with E-state index in [1.165, 1.54) is 6.42 Å². The third-order valence-electron chi connectivity index (χ3n) is 2.84. The van der Waals surface area contributed by atoms with Crippen LogP contribution in [-0.4, -0.2) is 16.7 Å². The first-order valence-corrected chi connectivity index (χ1v) is 4.69. The van der Waals surface area contributed by atoms with Crippen molar-refractivity contribution in [1.82, 2.24) is 0 Å². The fraction of sp³-hybridized carbons (Fsp3) is 0.889. The van der Waals surface area contributed by atoms with Gasteiger partial charge in [0.1, 0.15) is 0 Å². The van der Waals surface area contributed by atoms with Gasteiger partial charge in [0, 0.05) is 6.42 Å². The van der Waals surface area contributed by atoms with Gasteiger partial charge in [-0.1, -0.05) is 19.3 Å². The predicted molar refractivity (Wildman–Crippen MR) is 46.0 cm³/mol. The molecule has 0 unspecified atom stereocenters. The topological polar surface area (TPSA) is 64.1 Å². The summed E-state index contributed by atoms with van der Waals surface area (Å²) in [4.78, 5) is 10.5. The van der Waals surface area contributed by atoms with Crippen molar-refractivity contribution in [3.63, 3.8) is 0 Å². The van der Waals surface area contributed by atoms with Crippen LogP contribution >= 0.6 is 0 Å². The van der Waals surface area contributed by atoms with E-state index in [0.717, 1.165) is 25.7 Å². The second-order valence-electron chi connectivity index (χ2n) is 3.91. The molecule has 1 rings (SSSR count). The van der Waals surface area contributed by atoms with Crippen LogP contribution in [0, 0.1) is 21.7 Å². The Bertz CT molecular complexity index is 226. The normalized spacial score (nSPS) is 20.5. The van der Waals surface area contributed by atoms with Crippen molar-refractivity contribution in [2.24, 2.45) is 5.41 Å². The van der Waals surface area contributed by atoms with Gasteiger partial charge in [-0.3, -0.25) is 0 Å². The molecule has 0 aliphatic heterocycles. The van der Waals surface area contributed by atoms with Crippen molar-refractivity contribution in [2.75, 3.05) is 6.54 Å². The Balaban J connectivity index is 2.62. The van der Waals surface area contributed by atoms with E-state index in [2.05, 4.69) is 6.07 Å². The lowest BCUT2D eigenvalue weighted by atomic mass is 9.72. The molecule has 1 fully saturated rings. The van der Waals surface area contributed by atoms with E-state index >= 15 is 0 Å². The van der Waals surface area contributed by atoms with Gasteiger partial charge in [0.05, 0.1) is 16.4 Å². The zero-order valence-corrected chi connectivity index (χ0v) is 7.70. The third-order valence-corrected chi connectivity index (χ3v) is 2.84. The number of rotatable bonds is 3. The van der Waals surface area contributed by atoms with Crippen LogP contribution in [0.1, 0.15) is 38.5 Å². The third kappa shape index (κ3) is 2.69. The standard InChI is InChI=1S/C9H15N2O2/c10-7-6-9(8-11(12)13)4-2-1-3-5-9/h1-6,8H2,(H,12,13)/q+1. The summed E-state index contributed by atoms with van der Waals surface area (Å²) in [5.41, 5.74) is -0.247. The first-order valence-electron chi connectivity index (χ1n) is 4.69. The molecule has 72 valence electrons. The van der Waals surface area contributed by atoms with Crippen molar-refractivity contribution in [1.29, 1.82) is 5.26 Å². The van der Waals surface area contributed by atoms with Gasteiger partial charge in [-0.05, 0) is 12.8 Å². The average Bonchev–Trinajstić information content (AvgIpc) is 2.04.